The van der Waals surface area contributed by atoms with Crippen LogP contribution in [0.5, 0.6) is 0 Å². The summed E-state index contributed by atoms with van der Waals surface area (Å²) in [6.45, 7) is 13.0. The lowest BCUT2D eigenvalue weighted by Gasteiger charge is -2.26. The van der Waals surface area contributed by atoms with Crippen molar-refractivity contribution in [3.8, 4) is 0 Å². The fourth-order valence-corrected chi connectivity index (χ4v) is 3.03. The minimum atomic E-state index is -0.370. The zero-order valence-corrected chi connectivity index (χ0v) is 17.2. The van der Waals surface area contributed by atoms with Gasteiger partial charge in [-0.2, -0.15) is 0 Å². The van der Waals surface area contributed by atoms with Gasteiger partial charge in [0.05, 0.1) is 9.40 Å². The van der Waals surface area contributed by atoms with Crippen LogP contribution in [0.1, 0.15) is 52.7 Å². The fraction of sp³-hybridized carbons (Fsp3) is 0.400. The molecule has 0 heterocycles. The quantitative estimate of drug-likeness (QED) is 0.457. The summed E-state index contributed by atoms with van der Waals surface area (Å²) in [7, 11) is 0. The largest absolute Gasteiger partial charge is 0.350 e. The molecule has 0 atom stereocenters. The number of nitrogens with one attached hydrogen (secondary N) is 1. The van der Waals surface area contributed by atoms with Gasteiger partial charge in [0.25, 0.3) is 0 Å². The highest BCUT2D eigenvalue weighted by atomic mass is 79.9. The maximum absolute atomic E-state index is 11.4. The summed E-state index contributed by atoms with van der Waals surface area (Å²) in [6, 6.07) is 11.6. The van der Waals surface area contributed by atoms with Crippen molar-refractivity contribution >= 4 is 33.0 Å². The van der Waals surface area contributed by atoms with E-state index in [0.29, 0.717) is 10.2 Å². The van der Waals surface area contributed by atoms with Crippen molar-refractivity contribution < 1.29 is 4.92 Å². The first-order valence-corrected chi connectivity index (χ1v) is 9.05. The molecular weight excluding hydrogens is 380 g/mol. The second kappa shape index (κ2) is 6.79. The molecule has 0 aliphatic carbocycles. The third-order valence-corrected chi connectivity index (χ3v) is 4.75. The Kier molecular flexibility index (Phi) is 5.28. The number of nitro groups is 1. The molecule has 2 rings (SSSR count). The smallest absolute Gasteiger partial charge is 0.306 e. The van der Waals surface area contributed by atoms with E-state index < -0.39 is 0 Å². The normalized spacial score (nSPS) is 12.1. The minimum absolute atomic E-state index is 0.0130. The molecular formula is C20H25BrN2O2. The lowest BCUT2D eigenvalue weighted by atomic mass is 9.80. The summed E-state index contributed by atoms with van der Waals surface area (Å²) < 4.78 is 0.463. The predicted octanol–water partition coefficient (Wildman–Crippen LogP) is 6.70. The van der Waals surface area contributed by atoms with E-state index in [9.17, 15) is 10.1 Å². The second-order valence-corrected chi connectivity index (χ2v) is 9.17. The maximum Gasteiger partial charge on any atom is 0.306 e. The van der Waals surface area contributed by atoms with Gasteiger partial charge in [0.15, 0.2) is 0 Å². The first-order chi connectivity index (χ1) is 11.4. The van der Waals surface area contributed by atoms with Gasteiger partial charge in [-0.05, 0) is 62.2 Å². The Hall–Kier alpha value is -1.88. The van der Waals surface area contributed by atoms with Gasteiger partial charge in [0.1, 0.15) is 5.69 Å². The summed E-state index contributed by atoms with van der Waals surface area (Å²) >= 11 is 3.27. The third kappa shape index (κ3) is 4.60. The summed E-state index contributed by atoms with van der Waals surface area (Å²) in [5, 5.41) is 14.7. The SMILES string of the molecule is CC(C)(C)c1cc(Nc2cccc(Br)c2[N+](=O)[O-])cc(C(C)(C)C)c1. The van der Waals surface area contributed by atoms with Crippen molar-refractivity contribution in [2.45, 2.75) is 52.4 Å². The topological polar surface area (TPSA) is 55.2 Å². The van der Waals surface area contributed by atoms with Crippen molar-refractivity contribution in [2.75, 3.05) is 5.32 Å². The predicted molar refractivity (Wildman–Crippen MR) is 108 cm³/mol. The van der Waals surface area contributed by atoms with E-state index in [1.165, 1.54) is 11.1 Å². The molecule has 0 saturated carbocycles. The van der Waals surface area contributed by atoms with Gasteiger partial charge in [-0.15, -0.1) is 0 Å². The number of halogens is 1. The molecule has 5 heteroatoms. The number of rotatable bonds is 3. The van der Waals surface area contributed by atoms with Crippen LogP contribution in [0.2, 0.25) is 0 Å². The lowest BCUT2D eigenvalue weighted by Crippen LogP contribution is -2.16. The maximum atomic E-state index is 11.4. The van der Waals surface area contributed by atoms with Crippen LogP contribution in [0, 0.1) is 10.1 Å². The standard InChI is InChI=1S/C20H25BrN2O2/c1-19(2,3)13-10-14(20(4,5)6)12-15(11-13)22-17-9-7-8-16(21)18(17)23(24)25/h7-12,22H,1-6H3. The summed E-state index contributed by atoms with van der Waals surface area (Å²) in [4.78, 5) is 11.1. The van der Waals surface area contributed by atoms with Crippen LogP contribution in [0.3, 0.4) is 0 Å². The lowest BCUT2D eigenvalue weighted by molar-refractivity contribution is -0.384. The number of hydrogen-bond acceptors (Lipinski definition) is 3. The molecule has 0 unspecified atom stereocenters. The molecule has 0 amide bonds. The molecule has 0 aliphatic rings. The average molecular weight is 405 g/mol. The Balaban J connectivity index is 2.57. The van der Waals surface area contributed by atoms with Crippen LogP contribution in [0.15, 0.2) is 40.9 Å². The van der Waals surface area contributed by atoms with Crippen LogP contribution >= 0.6 is 15.9 Å². The molecule has 0 spiro atoms. The first kappa shape index (κ1) is 19.4. The fourth-order valence-electron chi connectivity index (χ4n) is 2.52. The van der Waals surface area contributed by atoms with Gasteiger partial charge in [-0.3, -0.25) is 10.1 Å². The Morgan fingerprint density at radius 3 is 1.92 bits per heavy atom. The Bertz CT molecular complexity index is 770. The molecule has 0 fully saturated rings. The highest BCUT2D eigenvalue weighted by Crippen LogP contribution is 2.37. The Morgan fingerprint density at radius 2 is 1.48 bits per heavy atom. The van der Waals surface area contributed by atoms with Gasteiger partial charge in [0, 0.05) is 5.69 Å². The van der Waals surface area contributed by atoms with Crippen molar-refractivity contribution in [1.29, 1.82) is 0 Å². The van der Waals surface area contributed by atoms with E-state index in [-0.39, 0.29) is 21.4 Å². The van der Waals surface area contributed by atoms with Gasteiger partial charge in [-0.25, -0.2) is 0 Å². The Labute approximate surface area is 157 Å². The molecule has 2 aromatic rings. The van der Waals surface area contributed by atoms with Crippen molar-refractivity contribution in [2.24, 2.45) is 0 Å². The second-order valence-electron chi connectivity index (χ2n) is 8.32. The van der Waals surface area contributed by atoms with E-state index in [0.717, 1.165) is 5.69 Å². The number of nitro benzene ring substituents is 1. The van der Waals surface area contributed by atoms with E-state index in [4.69, 9.17) is 0 Å². The number of para-hydroxylation sites is 1. The van der Waals surface area contributed by atoms with Gasteiger partial charge >= 0.3 is 5.69 Å². The van der Waals surface area contributed by atoms with Crippen LogP contribution in [0.4, 0.5) is 17.1 Å². The van der Waals surface area contributed by atoms with Gasteiger partial charge in [-0.1, -0.05) is 53.7 Å². The first-order valence-electron chi connectivity index (χ1n) is 8.25. The van der Waals surface area contributed by atoms with E-state index in [1.54, 1.807) is 18.2 Å². The molecule has 0 aromatic heterocycles. The van der Waals surface area contributed by atoms with Gasteiger partial charge < -0.3 is 5.32 Å². The van der Waals surface area contributed by atoms with E-state index in [2.05, 4.69) is 81.0 Å². The number of nitrogens with zero attached hydrogens (tertiary/aromatic N) is 1. The highest BCUT2D eigenvalue weighted by Gasteiger charge is 2.22. The van der Waals surface area contributed by atoms with Crippen LogP contribution in [0.25, 0.3) is 0 Å². The van der Waals surface area contributed by atoms with Crippen molar-refractivity contribution in [1.82, 2.24) is 0 Å². The van der Waals surface area contributed by atoms with Gasteiger partial charge in [0.2, 0.25) is 0 Å². The molecule has 0 radical (unpaired) electrons. The molecule has 25 heavy (non-hydrogen) atoms. The highest BCUT2D eigenvalue weighted by molar-refractivity contribution is 9.10. The number of hydrogen-bond donors (Lipinski definition) is 1. The zero-order valence-electron chi connectivity index (χ0n) is 15.6. The van der Waals surface area contributed by atoms with E-state index in [1.807, 2.05) is 0 Å². The molecule has 134 valence electrons. The average Bonchev–Trinajstić information content (AvgIpc) is 2.44. The summed E-state index contributed by atoms with van der Waals surface area (Å²) in [5.41, 5.74) is 3.74. The van der Waals surface area contributed by atoms with Crippen molar-refractivity contribution in [3.63, 3.8) is 0 Å². The monoisotopic (exact) mass is 404 g/mol. The number of anilines is 2. The van der Waals surface area contributed by atoms with Crippen LogP contribution < -0.4 is 5.32 Å². The third-order valence-electron chi connectivity index (χ3n) is 4.11. The van der Waals surface area contributed by atoms with Crippen LogP contribution in [-0.2, 0) is 10.8 Å². The summed E-state index contributed by atoms with van der Waals surface area (Å²) in [5.74, 6) is 0. The molecule has 0 saturated heterocycles. The molecule has 0 aliphatic heterocycles. The number of benzene rings is 2. The Morgan fingerprint density at radius 1 is 0.960 bits per heavy atom. The molecule has 2 aromatic carbocycles. The summed E-state index contributed by atoms with van der Waals surface area (Å²) in [6.07, 6.45) is 0. The molecule has 4 nitrogen and oxygen atoms in total. The zero-order chi connectivity index (χ0) is 19.0. The van der Waals surface area contributed by atoms with E-state index >= 15 is 0 Å². The molecule has 0 bridgehead atoms. The van der Waals surface area contributed by atoms with Crippen LogP contribution in [-0.4, -0.2) is 4.92 Å². The molecule has 1 N–H and O–H groups in total. The minimum Gasteiger partial charge on any atom is -0.350 e. The van der Waals surface area contributed by atoms with Crippen molar-refractivity contribution in [3.05, 3.63) is 62.1 Å².